The lowest BCUT2D eigenvalue weighted by atomic mass is 10.3. The van der Waals surface area contributed by atoms with Crippen LogP contribution in [-0.2, 0) is 6.54 Å². The van der Waals surface area contributed by atoms with Crippen LogP contribution in [-0.4, -0.2) is 10.1 Å². The van der Waals surface area contributed by atoms with Crippen LogP contribution >= 0.6 is 11.3 Å². The molecule has 2 aromatic heterocycles. The minimum absolute atomic E-state index is 0.323. The highest BCUT2D eigenvalue weighted by Crippen LogP contribution is 2.18. The summed E-state index contributed by atoms with van der Waals surface area (Å²) in [6.07, 6.45) is 0. The SMILES string of the molecule is Cc1nc(CNC(C)c2cccs2)no1. The fourth-order valence-corrected chi connectivity index (χ4v) is 2.05. The highest BCUT2D eigenvalue weighted by Gasteiger charge is 2.07. The lowest BCUT2D eigenvalue weighted by Crippen LogP contribution is -2.17. The Morgan fingerprint density at radius 2 is 2.47 bits per heavy atom. The van der Waals surface area contributed by atoms with E-state index in [-0.39, 0.29) is 0 Å². The van der Waals surface area contributed by atoms with Gasteiger partial charge in [-0.15, -0.1) is 11.3 Å². The normalized spacial score (nSPS) is 12.9. The summed E-state index contributed by atoms with van der Waals surface area (Å²) in [6.45, 7) is 4.55. The standard InChI is InChI=1S/C10H13N3OS/c1-7(9-4-3-5-15-9)11-6-10-12-8(2)14-13-10/h3-5,7,11H,6H2,1-2H3. The van der Waals surface area contributed by atoms with E-state index in [1.165, 1.54) is 4.88 Å². The summed E-state index contributed by atoms with van der Waals surface area (Å²) in [5.41, 5.74) is 0. The molecule has 1 unspecified atom stereocenters. The van der Waals surface area contributed by atoms with E-state index in [4.69, 9.17) is 4.52 Å². The van der Waals surface area contributed by atoms with Crippen LogP contribution in [0.4, 0.5) is 0 Å². The minimum Gasteiger partial charge on any atom is -0.340 e. The van der Waals surface area contributed by atoms with Gasteiger partial charge in [0.1, 0.15) is 0 Å². The average molecular weight is 223 g/mol. The van der Waals surface area contributed by atoms with Crippen LogP contribution in [0.15, 0.2) is 22.0 Å². The summed E-state index contributed by atoms with van der Waals surface area (Å²) in [5, 5.41) is 9.24. The minimum atomic E-state index is 0.323. The van der Waals surface area contributed by atoms with E-state index in [1.54, 1.807) is 18.3 Å². The molecule has 15 heavy (non-hydrogen) atoms. The molecule has 1 atom stereocenters. The Hall–Kier alpha value is -1.20. The van der Waals surface area contributed by atoms with Gasteiger partial charge in [-0.2, -0.15) is 4.98 Å². The number of thiophene rings is 1. The quantitative estimate of drug-likeness (QED) is 0.864. The van der Waals surface area contributed by atoms with Gasteiger partial charge >= 0.3 is 0 Å². The number of hydrogen-bond acceptors (Lipinski definition) is 5. The van der Waals surface area contributed by atoms with E-state index in [2.05, 4.69) is 39.9 Å². The van der Waals surface area contributed by atoms with Gasteiger partial charge in [0.2, 0.25) is 5.89 Å². The first kappa shape index (κ1) is 10.3. The Balaban J connectivity index is 1.88. The van der Waals surface area contributed by atoms with Crippen LogP contribution < -0.4 is 5.32 Å². The molecule has 0 saturated carbocycles. The second-order valence-electron chi connectivity index (χ2n) is 3.35. The van der Waals surface area contributed by atoms with E-state index in [1.807, 2.05) is 0 Å². The molecule has 0 spiro atoms. The third-order valence-corrected chi connectivity index (χ3v) is 3.16. The summed E-state index contributed by atoms with van der Waals surface area (Å²) >= 11 is 1.74. The van der Waals surface area contributed by atoms with Crippen LogP contribution in [0.5, 0.6) is 0 Å². The average Bonchev–Trinajstić information content (AvgIpc) is 2.84. The summed E-state index contributed by atoms with van der Waals surface area (Å²) < 4.78 is 4.89. The highest BCUT2D eigenvalue weighted by atomic mass is 32.1. The Bertz CT molecular complexity index is 410. The third-order valence-electron chi connectivity index (χ3n) is 2.11. The fourth-order valence-electron chi connectivity index (χ4n) is 1.30. The Morgan fingerprint density at radius 1 is 1.60 bits per heavy atom. The monoisotopic (exact) mass is 223 g/mol. The molecule has 2 heterocycles. The molecule has 0 aromatic carbocycles. The zero-order chi connectivity index (χ0) is 10.7. The molecular formula is C10H13N3OS. The zero-order valence-electron chi connectivity index (χ0n) is 8.73. The van der Waals surface area contributed by atoms with Crippen LogP contribution in [0.2, 0.25) is 0 Å². The Kier molecular flexibility index (Phi) is 3.13. The van der Waals surface area contributed by atoms with Crippen molar-refractivity contribution >= 4 is 11.3 Å². The summed E-state index contributed by atoms with van der Waals surface area (Å²) in [4.78, 5) is 5.44. The van der Waals surface area contributed by atoms with Gasteiger partial charge in [-0.3, -0.25) is 0 Å². The molecule has 0 aliphatic carbocycles. The smallest absolute Gasteiger partial charge is 0.223 e. The predicted molar refractivity (Wildman–Crippen MR) is 58.6 cm³/mol. The number of nitrogens with one attached hydrogen (secondary N) is 1. The van der Waals surface area contributed by atoms with Crippen molar-refractivity contribution in [2.75, 3.05) is 0 Å². The molecule has 0 radical (unpaired) electrons. The first-order valence-corrected chi connectivity index (χ1v) is 5.69. The molecule has 4 nitrogen and oxygen atoms in total. The van der Waals surface area contributed by atoms with Crippen LogP contribution in [0.3, 0.4) is 0 Å². The van der Waals surface area contributed by atoms with E-state index in [0.29, 0.717) is 24.3 Å². The van der Waals surface area contributed by atoms with Crippen molar-refractivity contribution in [3.8, 4) is 0 Å². The second kappa shape index (κ2) is 4.55. The van der Waals surface area contributed by atoms with E-state index < -0.39 is 0 Å². The molecule has 5 heteroatoms. The molecule has 0 fully saturated rings. The molecular weight excluding hydrogens is 210 g/mol. The number of aryl methyl sites for hydroxylation is 1. The highest BCUT2D eigenvalue weighted by molar-refractivity contribution is 7.10. The molecule has 80 valence electrons. The van der Waals surface area contributed by atoms with Crippen molar-refractivity contribution in [3.63, 3.8) is 0 Å². The summed E-state index contributed by atoms with van der Waals surface area (Å²) in [5.74, 6) is 1.31. The lowest BCUT2D eigenvalue weighted by molar-refractivity contribution is 0.384. The van der Waals surface area contributed by atoms with Gasteiger partial charge in [0.15, 0.2) is 5.82 Å². The van der Waals surface area contributed by atoms with Crippen molar-refractivity contribution in [2.45, 2.75) is 26.4 Å². The van der Waals surface area contributed by atoms with E-state index >= 15 is 0 Å². The second-order valence-corrected chi connectivity index (χ2v) is 4.33. The molecule has 0 bridgehead atoms. The van der Waals surface area contributed by atoms with Crippen LogP contribution in [0.1, 0.15) is 29.6 Å². The summed E-state index contributed by atoms with van der Waals surface area (Å²) in [7, 11) is 0. The van der Waals surface area contributed by atoms with Crippen molar-refractivity contribution in [1.82, 2.24) is 15.5 Å². The van der Waals surface area contributed by atoms with Crippen molar-refractivity contribution < 1.29 is 4.52 Å². The maximum absolute atomic E-state index is 4.89. The van der Waals surface area contributed by atoms with Gasteiger partial charge < -0.3 is 9.84 Å². The van der Waals surface area contributed by atoms with Gasteiger partial charge in [-0.05, 0) is 18.4 Å². The molecule has 0 saturated heterocycles. The largest absolute Gasteiger partial charge is 0.340 e. The molecule has 0 amide bonds. The first-order valence-electron chi connectivity index (χ1n) is 4.81. The fraction of sp³-hybridized carbons (Fsp3) is 0.400. The molecule has 1 N–H and O–H groups in total. The maximum Gasteiger partial charge on any atom is 0.223 e. The topological polar surface area (TPSA) is 51.0 Å². The van der Waals surface area contributed by atoms with Crippen LogP contribution in [0.25, 0.3) is 0 Å². The molecule has 2 aromatic rings. The zero-order valence-corrected chi connectivity index (χ0v) is 9.54. The molecule has 0 aliphatic heterocycles. The van der Waals surface area contributed by atoms with Crippen molar-refractivity contribution in [3.05, 3.63) is 34.1 Å². The number of nitrogens with zero attached hydrogens (tertiary/aromatic N) is 2. The number of hydrogen-bond donors (Lipinski definition) is 1. The summed E-state index contributed by atoms with van der Waals surface area (Å²) in [6, 6.07) is 4.49. The number of aromatic nitrogens is 2. The van der Waals surface area contributed by atoms with E-state index in [0.717, 1.165) is 0 Å². The van der Waals surface area contributed by atoms with Crippen molar-refractivity contribution in [2.24, 2.45) is 0 Å². The van der Waals surface area contributed by atoms with Gasteiger partial charge in [0.05, 0.1) is 6.54 Å². The third kappa shape index (κ3) is 2.64. The Labute approximate surface area is 92.3 Å². The predicted octanol–water partition coefficient (Wildman–Crippen LogP) is 2.29. The van der Waals surface area contributed by atoms with Crippen molar-refractivity contribution in [1.29, 1.82) is 0 Å². The van der Waals surface area contributed by atoms with Crippen LogP contribution in [0, 0.1) is 6.92 Å². The Morgan fingerprint density at radius 3 is 3.07 bits per heavy atom. The van der Waals surface area contributed by atoms with Gasteiger partial charge in [-0.1, -0.05) is 11.2 Å². The maximum atomic E-state index is 4.89. The lowest BCUT2D eigenvalue weighted by Gasteiger charge is -2.09. The van der Waals surface area contributed by atoms with Gasteiger partial charge in [0, 0.05) is 17.8 Å². The van der Waals surface area contributed by atoms with Gasteiger partial charge in [-0.25, -0.2) is 0 Å². The van der Waals surface area contributed by atoms with Gasteiger partial charge in [0.25, 0.3) is 0 Å². The molecule has 2 rings (SSSR count). The first-order chi connectivity index (χ1) is 7.25. The number of rotatable bonds is 4. The molecule has 0 aliphatic rings. The van der Waals surface area contributed by atoms with E-state index in [9.17, 15) is 0 Å².